The Kier molecular flexibility index (Phi) is 3.27. The van der Waals surface area contributed by atoms with Gasteiger partial charge in [-0.15, -0.1) is 0 Å². The van der Waals surface area contributed by atoms with Crippen molar-refractivity contribution in [2.24, 2.45) is 0 Å². The van der Waals surface area contributed by atoms with Crippen LogP contribution in [-0.4, -0.2) is 31.3 Å². The zero-order valence-electron chi connectivity index (χ0n) is 11.8. The predicted molar refractivity (Wildman–Crippen MR) is 77.8 cm³/mol. The Hall–Kier alpha value is -2.01. The average molecular weight is 286 g/mol. The molecule has 0 aliphatic carbocycles. The van der Waals surface area contributed by atoms with Crippen LogP contribution in [0.25, 0.3) is 11.5 Å². The molecule has 2 aliphatic rings. The van der Waals surface area contributed by atoms with Crippen molar-refractivity contribution in [2.75, 3.05) is 26.3 Å². The van der Waals surface area contributed by atoms with Gasteiger partial charge in [0.2, 0.25) is 5.89 Å². The highest BCUT2D eigenvalue weighted by Crippen LogP contribution is 2.35. The van der Waals surface area contributed by atoms with Crippen LogP contribution in [-0.2, 0) is 0 Å². The quantitative estimate of drug-likeness (QED) is 0.919. The molecule has 21 heavy (non-hydrogen) atoms. The van der Waals surface area contributed by atoms with Crippen LogP contribution in [0.2, 0.25) is 0 Å². The third-order valence-electron chi connectivity index (χ3n) is 4.05. The average Bonchev–Trinajstić information content (AvgIpc) is 3.05. The van der Waals surface area contributed by atoms with Crippen molar-refractivity contribution in [2.45, 2.75) is 18.8 Å². The number of fused-ring (bicyclic) bond motifs is 1. The second-order valence-electron chi connectivity index (χ2n) is 5.45. The van der Waals surface area contributed by atoms with Crippen LogP contribution in [0.5, 0.6) is 11.5 Å². The van der Waals surface area contributed by atoms with Crippen molar-refractivity contribution in [1.82, 2.24) is 10.3 Å². The van der Waals surface area contributed by atoms with E-state index >= 15 is 0 Å². The standard InChI is InChI=1S/C16H18N2O3/c1-2-13-14(20-8-7-19-13)9-12(1)16-18-10-15(21-16)11-3-5-17-6-4-11/h1-2,9-11,17H,3-8H2. The molecule has 1 fully saturated rings. The number of aromatic nitrogens is 1. The number of nitrogens with one attached hydrogen (secondary N) is 1. The van der Waals surface area contributed by atoms with Crippen molar-refractivity contribution < 1.29 is 13.9 Å². The summed E-state index contributed by atoms with van der Waals surface area (Å²) in [5.74, 6) is 3.67. The van der Waals surface area contributed by atoms with Crippen molar-refractivity contribution in [3.63, 3.8) is 0 Å². The number of piperidine rings is 1. The van der Waals surface area contributed by atoms with Gasteiger partial charge in [-0.3, -0.25) is 0 Å². The monoisotopic (exact) mass is 286 g/mol. The number of ether oxygens (including phenoxy) is 2. The topological polar surface area (TPSA) is 56.5 Å². The van der Waals surface area contributed by atoms with E-state index in [-0.39, 0.29) is 0 Å². The van der Waals surface area contributed by atoms with Crippen LogP contribution >= 0.6 is 0 Å². The number of rotatable bonds is 2. The molecule has 0 spiro atoms. The largest absolute Gasteiger partial charge is 0.486 e. The first-order chi connectivity index (χ1) is 10.4. The van der Waals surface area contributed by atoms with Crippen LogP contribution in [0, 0.1) is 0 Å². The molecule has 1 aromatic carbocycles. The Labute approximate surface area is 123 Å². The van der Waals surface area contributed by atoms with Crippen molar-refractivity contribution in [3.8, 4) is 23.0 Å². The zero-order chi connectivity index (χ0) is 14.1. The lowest BCUT2D eigenvalue weighted by atomic mass is 9.96. The van der Waals surface area contributed by atoms with Crippen LogP contribution in [0.3, 0.4) is 0 Å². The Morgan fingerprint density at radius 2 is 1.86 bits per heavy atom. The smallest absolute Gasteiger partial charge is 0.226 e. The lowest BCUT2D eigenvalue weighted by Crippen LogP contribution is -2.26. The molecule has 110 valence electrons. The van der Waals surface area contributed by atoms with Gasteiger partial charge >= 0.3 is 0 Å². The molecule has 0 amide bonds. The number of nitrogens with zero attached hydrogens (tertiary/aromatic N) is 1. The molecule has 5 nitrogen and oxygen atoms in total. The molecule has 3 heterocycles. The summed E-state index contributed by atoms with van der Waals surface area (Å²) in [7, 11) is 0. The minimum atomic E-state index is 0.477. The molecule has 5 heteroatoms. The van der Waals surface area contributed by atoms with E-state index in [0.29, 0.717) is 25.0 Å². The molecule has 2 aromatic rings. The van der Waals surface area contributed by atoms with Gasteiger partial charge in [-0.25, -0.2) is 4.98 Å². The van der Waals surface area contributed by atoms with E-state index in [9.17, 15) is 0 Å². The summed E-state index contributed by atoms with van der Waals surface area (Å²) < 4.78 is 17.1. The van der Waals surface area contributed by atoms with E-state index in [0.717, 1.165) is 48.8 Å². The Morgan fingerprint density at radius 1 is 1.05 bits per heavy atom. The van der Waals surface area contributed by atoms with E-state index in [2.05, 4.69) is 10.3 Å². The molecule has 1 saturated heterocycles. The molecule has 1 aromatic heterocycles. The van der Waals surface area contributed by atoms with Crippen molar-refractivity contribution in [1.29, 1.82) is 0 Å². The van der Waals surface area contributed by atoms with E-state index in [1.165, 1.54) is 0 Å². The molecule has 0 bridgehead atoms. The van der Waals surface area contributed by atoms with Gasteiger partial charge in [-0.05, 0) is 44.1 Å². The van der Waals surface area contributed by atoms with Gasteiger partial charge in [-0.2, -0.15) is 0 Å². The third kappa shape index (κ3) is 2.49. The SMILES string of the molecule is c1cc2c(cc1-c1ncc(C3CCNCC3)o1)OCCO2. The number of hydrogen-bond donors (Lipinski definition) is 1. The van der Waals surface area contributed by atoms with Gasteiger partial charge in [0.05, 0.1) is 6.20 Å². The number of oxazole rings is 1. The van der Waals surface area contributed by atoms with Gasteiger partial charge in [0, 0.05) is 11.5 Å². The fourth-order valence-corrected chi connectivity index (χ4v) is 2.89. The number of benzene rings is 1. The highest BCUT2D eigenvalue weighted by Gasteiger charge is 2.20. The molecule has 4 rings (SSSR count). The van der Waals surface area contributed by atoms with Crippen LogP contribution in [0.4, 0.5) is 0 Å². The van der Waals surface area contributed by atoms with E-state index < -0.39 is 0 Å². The molecular weight excluding hydrogens is 268 g/mol. The fraction of sp³-hybridized carbons (Fsp3) is 0.438. The predicted octanol–water partition coefficient (Wildman–Crippen LogP) is 2.58. The Morgan fingerprint density at radius 3 is 2.71 bits per heavy atom. The molecule has 0 atom stereocenters. The molecule has 1 N–H and O–H groups in total. The molecular formula is C16H18N2O3. The number of hydrogen-bond acceptors (Lipinski definition) is 5. The van der Waals surface area contributed by atoms with Gasteiger partial charge in [0.1, 0.15) is 19.0 Å². The Bertz CT molecular complexity index is 632. The molecule has 0 radical (unpaired) electrons. The van der Waals surface area contributed by atoms with Gasteiger partial charge in [-0.1, -0.05) is 0 Å². The summed E-state index contributed by atoms with van der Waals surface area (Å²) in [5, 5.41) is 3.36. The summed E-state index contributed by atoms with van der Waals surface area (Å²) in [6, 6.07) is 5.82. The lowest BCUT2D eigenvalue weighted by Gasteiger charge is -2.20. The zero-order valence-corrected chi connectivity index (χ0v) is 11.8. The maximum absolute atomic E-state index is 5.96. The molecule has 0 unspecified atom stereocenters. The van der Waals surface area contributed by atoms with E-state index in [4.69, 9.17) is 13.9 Å². The highest BCUT2D eigenvalue weighted by atomic mass is 16.6. The second kappa shape index (κ2) is 5.41. The second-order valence-corrected chi connectivity index (χ2v) is 5.45. The molecule has 0 saturated carbocycles. The van der Waals surface area contributed by atoms with E-state index in [1.54, 1.807) is 0 Å². The first-order valence-corrected chi connectivity index (χ1v) is 7.46. The van der Waals surface area contributed by atoms with Crippen LogP contribution < -0.4 is 14.8 Å². The van der Waals surface area contributed by atoms with Crippen LogP contribution in [0.15, 0.2) is 28.8 Å². The first-order valence-electron chi connectivity index (χ1n) is 7.46. The third-order valence-corrected chi connectivity index (χ3v) is 4.05. The minimum absolute atomic E-state index is 0.477. The van der Waals surface area contributed by atoms with Gasteiger partial charge in [0.15, 0.2) is 11.5 Å². The fourth-order valence-electron chi connectivity index (χ4n) is 2.89. The minimum Gasteiger partial charge on any atom is -0.486 e. The summed E-state index contributed by atoms with van der Waals surface area (Å²) in [4.78, 5) is 4.43. The first kappa shape index (κ1) is 12.7. The highest BCUT2D eigenvalue weighted by molar-refractivity contribution is 5.60. The normalized spacial score (nSPS) is 18.7. The maximum Gasteiger partial charge on any atom is 0.226 e. The lowest BCUT2D eigenvalue weighted by molar-refractivity contribution is 0.171. The van der Waals surface area contributed by atoms with E-state index in [1.807, 2.05) is 24.4 Å². The van der Waals surface area contributed by atoms with Crippen LogP contribution in [0.1, 0.15) is 24.5 Å². The summed E-state index contributed by atoms with van der Waals surface area (Å²) in [6.45, 7) is 3.28. The van der Waals surface area contributed by atoms with Crippen molar-refractivity contribution >= 4 is 0 Å². The summed E-state index contributed by atoms with van der Waals surface area (Å²) in [5.41, 5.74) is 0.930. The summed E-state index contributed by atoms with van der Waals surface area (Å²) >= 11 is 0. The van der Waals surface area contributed by atoms with Gasteiger partial charge in [0.25, 0.3) is 0 Å². The maximum atomic E-state index is 5.96. The summed E-state index contributed by atoms with van der Waals surface area (Å²) in [6.07, 6.45) is 4.08. The van der Waals surface area contributed by atoms with Gasteiger partial charge < -0.3 is 19.2 Å². The van der Waals surface area contributed by atoms with Crippen molar-refractivity contribution in [3.05, 3.63) is 30.2 Å². The Balaban J connectivity index is 1.60. The molecule has 2 aliphatic heterocycles.